The molecule has 1 aromatic carbocycles. The number of anilines is 2. The van der Waals surface area contributed by atoms with Gasteiger partial charge in [-0.15, -0.1) is 5.10 Å². The number of nitrogens with one attached hydrogen (secondary N) is 1. The normalized spacial score (nSPS) is 28.5. The van der Waals surface area contributed by atoms with Gasteiger partial charge in [-0.25, -0.2) is 24.1 Å². The quantitative estimate of drug-likeness (QED) is 0.00726. The number of aliphatic hydroxyl groups excluding tert-OH is 2. The zero-order chi connectivity index (χ0) is 85.8. The summed E-state index contributed by atoms with van der Waals surface area (Å²) in [7, 11) is 6.38. The molecule has 1 unspecified atom stereocenters. The average Bonchev–Trinajstić information content (AvgIpc) is 1.71. The van der Waals surface area contributed by atoms with E-state index in [-0.39, 0.29) is 93.1 Å². The lowest BCUT2D eigenvalue weighted by molar-refractivity contribution is -0.767. The van der Waals surface area contributed by atoms with Gasteiger partial charge in [-0.3, -0.25) is 19.2 Å². The van der Waals surface area contributed by atoms with Crippen molar-refractivity contribution in [2.75, 3.05) is 132 Å². The Balaban J connectivity index is 0.664. The Kier molecular flexibility index (Phi) is 36.9. The van der Waals surface area contributed by atoms with Crippen LogP contribution in [0.3, 0.4) is 0 Å². The maximum absolute atomic E-state index is 14.9. The number of piperidine rings is 1. The van der Waals surface area contributed by atoms with E-state index in [0.29, 0.717) is 194 Å². The number of hydrogen-bond acceptors (Lipinski definition) is 29. The fourth-order valence-electron chi connectivity index (χ4n) is 16.8. The molecule has 120 heavy (non-hydrogen) atoms. The molecule has 2 amide bonds. The number of nitrogens with zero attached hydrogens (tertiary/aromatic N) is 10. The molecule has 2 saturated heterocycles. The number of carbonyl (C=O) groups is 4. The van der Waals surface area contributed by atoms with E-state index in [1.165, 1.54) is 11.2 Å². The highest BCUT2D eigenvalue weighted by molar-refractivity contribution is 6.39. The lowest BCUT2D eigenvalue weighted by Gasteiger charge is -2.43. The number of hydroxylamine groups is 1. The maximum Gasteiger partial charge on any atom is 0.329 e. The van der Waals surface area contributed by atoms with Crippen molar-refractivity contribution in [1.29, 1.82) is 0 Å². The molecule has 5 aliphatic rings. The van der Waals surface area contributed by atoms with Crippen LogP contribution in [0.25, 0.3) is 33.4 Å². The summed E-state index contributed by atoms with van der Waals surface area (Å²) in [5.74, 6) is -6.33. The summed E-state index contributed by atoms with van der Waals surface area (Å²) in [5, 5.41) is 53.0. The minimum Gasteiger partial charge on any atom is -0.460 e. The minimum absolute atomic E-state index is 0.0134. The molecular weight excluding hydrogens is 1550 g/mol. The third-order valence-corrected chi connectivity index (χ3v) is 23.7. The Labute approximate surface area is 703 Å². The molecule has 8 N–H and O–H groups in total. The summed E-state index contributed by atoms with van der Waals surface area (Å²) < 4.78 is 82.2. The first-order valence-electron chi connectivity index (χ1n) is 42.7. The number of nitrogens with two attached hydrogens (primary N) is 2. The largest absolute Gasteiger partial charge is 0.460 e. The van der Waals surface area contributed by atoms with Crippen LogP contribution in [-0.2, 0) is 101 Å². The van der Waals surface area contributed by atoms with Gasteiger partial charge in [0.15, 0.2) is 17.3 Å². The molecule has 3 fully saturated rings. The number of aryl methyl sites for hydroxylation is 1. The Bertz CT molecular complexity index is 4260. The van der Waals surface area contributed by atoms with Gasteiger partial charge in [0.25, 0.3) is 17.7 Å². The summed E-state index contributed by atoms with van der Waals surface area (Å²) in [6, 6.07) is 4.47. The molecular formula is C86H130N13O21+. The van der Waals surface area contributed by atoms with Gasteiger partial charge >= 0.3 is 5.97 Å². The summed E-state index contributed by atoms with van der Waals surface area (Å²) in [6.07, 6.45) is 15.3. The van der Waals surface area contributed by atoms with Gasteiger partial charge in [0, 0.05) is 107 Å². The first-order chi connectivity index (χ1) is 57.9. The van der Waals surface area contributed by atoms with E-state index in [1.807, 2.05) is 76.4 Å². The number of Topliss-reactive ketones (excluding diaryl/α,β-unsaturated/α-hetero) is 1. The number of methoxy groups -OCH3 is 4. The number of rotatable bonds is 37. The van der Waals surface area contributed by atoms with Crippen LogP contribution in [0.2, 0.25) is 0 Å². The predicted molar refractivity (Wildman–Crippen MR) is 444 cm³/mol. The monoisotopic (exact) mass is 1680 g/mol. The first kappa shape index (κ1) is 94.2. The summed E-state index contributed by atoms with van der Waals surface area (Å²) in [6.45, 7) is 19.8. The van der Waals surface area contributed by atoms with Crippen LogP contribution in [-0.4, -0.2) is 275 Å². The third kappa shape index (κ3) is 25.8. The van der Waals surface area contributed by atoms with E-state index in [2.05, 4.69) is 44.4 Å². The van der Waals surface area contributed by atoms with Crippen molar-refractivity contribution in [1.82, 2.24) is 49.9 Å². The Morgan fingerprint density at radius 3 is 2.16 bits per heavy atom. The molecule has 1 aliphatic carbocycles. The van der Waals surface area contributed by atoms with E-state index >= 15 is 0 Å². The number of hydrogen-bond donors (Lipinski definition) is 6. The smallest absolute Gasteiger partial charge is 0.329 e. The van der Waals surface area contributed by atoms with E-state index < -0.39 is 78.1 Å². The highest BCUT2D eigenvalue weighted by atomic mass is 16.7. The van der Waals surface area contributed by atoms with E-state index in [0.717, 1.165) is 36.1 Å². The number of cyclic esters (lactones) is 1. The van der Waals surface area contributed by atoms with Crippen LogP contribution in [0.5, 0.6) is 0 Å². The highest BCUT2D eigenvalue weighted by Gasteiger charge is 2.54. The molecule has 34 nitrogen and oxygen atoms in total. The molecule has 10 rings (SSSR count). The molecule has 0 spiro atoms. The zero-order valence-corrected chi connectivity index (χ0v) is 71.9. The molecule has 1 saturated carbocycles. The van der Waals surface area contributed by atoms with Crippen molar-refractivity contribution in [2.45, 2.75) is 225 Å². The number of oxazole rings is 1. The number of aromatic nitrogens is 8. The van der Waals surface area contributed by atoms with Crippen molar-refractivity contribution in [3.63, 3.8) is 0 Å². The average molecular weight is 1680 g/mol. The Morgan fingerprint density at radius 1 is 0.758 bits per heavy atom. The Hall–Kier alpha value is -8.07. The van der Waals surface area contributed by atoms with Crippen LogP contribution in [0.15, 0.2) is 82.4 Å². The number of ether oxygens (including phenoxy) is 12. The number of carbonyl (C=O) groups excluding carboxylic acids is 4. The second-order valence-corrected chi connectivity index (χ2v) is 32.4. The maximum atomic E-state index is 14.9. The van der Waals surface area contributed by atoms with Gasteiger partial charge < -0.3 is 98.3 Å². The van der Waals surface area contributed by atoms with Crippen molar-refractivity contribution in [2.24, 2.45) is 35.5 Å². The SMILES string of the molecule is CO[C@H]1C[C@@H]2CC[C@@H](C)[C@@](O)(O2)C(=O)C(=O)N2CCCC[C@H]2C(=O)OC([C@H](C)C[C@@H]2CC[C@@H](O)[C@H](OC)C2)C[C@@H](OC)[C@H](C)/C=C(\C)[C@@H](O)[C@@H](OC)C2=[N+](OCc3cn(CCOCCOCCOCCOCCOCCOCCC(=O)NCCCCn4nc(-c5ccc6oc(N)nc6c5)c5c(N)ncnc54)nn3)\C(=C/C=C/C=C/1C)[C@@H](C)C[C@H]2C. The summed E-state index contributed by atoms with van der Waals surface area (Å²) in [4.78, 5) is 77.5. The van der Waals surface area contributed by atoms with Crippen LogP contribution >= 0.6 is 0 Å². The molecule has 0 radical (unpaired) electrons. The lowest BCUT2D eigenvalue weighted by Crippen LogP contribution is -2.61. The number of fused-ring (bicyclic) bond motifs is 6. The van der Waals surface area contributed by atoms with Gasteiger partial charge in [-0.2, -0.15) is 10.1 Å². The number of esters is 1. The molecule has 8 heterocycles. The number of allylic oxidation sites excluding steroid dienone is 5. The van der Waals surface area contributed by atoms with Crippen molar-refractivity contribution in [3.8, 4) is 11.3 Å². The van der Waals surface area contributed by atoms with E-state index in [9.17, 15) is 34.5 Å². The molecule has 4 bridgehead atoms. The molecule has 4 aromatic heterocycles. The second-order valence-electron chi connectivity index (χ2n) is 32.4. The van der Waals surface area contributed by atoms with Crippen LogP contribution < -0.4 is 16.8 Å². The standard InChI is InChI=1S/C86H129N13O21/c1-54-18-12-13-19-66-55(2)44-58(5)77(79(110-11)78(102)59(6)45-56(3)71(108-9)50-72(57(4)46-61-22-25-68(100)73(47-61)109-10)118-84(105)67-20-14-16-29-97(67)83(104)80(103)86(106)60(7)21-24-64(120-86)49-70(54)107-8)99(66)117-52-63-51-96(95-93-63)31-33-112-35-37-114-39-41-116-43-42-115-40-38-113-36-34-111-32-27-74(101)89-28-15-17-30-98-82-75(81(87)90-53-91-82)76(94-98)62-23-26-69-65(48-62)92-85(88)119-69/h12-13,18-19,23,26,45,48,51,53,55-58,60-61,64,67-68,70-73,78-79,100,102,106H,14-17,20-22,24-25,27-44,46-47,49-50,52H2,1-11H3,(H4-,87,88,89,90,91,92,94,101)/p+1/b13-12+,54-18+,59-45+,66-19-/t55-,56+,57+,58+,60+,61-,64-,67-,68+,70-,71+,72?,73+,78+,79-,86+/m0/s1. The number of ketones is 1. The number of benzene rings is 1. The zero-order valence-electron chi connectivity index (χ0n) is 71.9. The molecule has 664 valence electrons. The fourth-order valence-corrected chi connectivity index (χ4v) is 16.8. The highest BCUT2D eigenvalue weighted by Crippen LogP contribution is 2.40. The fraction of sp³-hybridized carbons (Fsp3) is 0.686. The topological polar surface area (TPSA) is 420 Å². The van der Waals surface area contributed by atoms with Crippen LogP contribution in [0.1, 0.15) is 150 Å². The number of aliphatic hydroxyl groups is 3. The first-order valence-corrected chi connectivity index (χ1v) is 42.7. The second kappa shape index (κ2) is 47.0. The summed E-state index contributed by atoms with van der Waals surface area (Å²) in [5.41, 5.74) is 18.7. The van der Waals surface area contributed by atoms with Crippen molar-refractivity contribution in [3.05, 3.63) is 83.6 Å². The van der Waals surface area contributed by atoms with E-state index in [1.54, 1.807) is 55.5 Å². The van der Waals surface area contributed by atoms with Crippen LogP contribution in [0, 0.1) is 35.5 Å². The van der Waals surface area contributed by atoms with Gasteiger partial charge in [-0.05, 0) is 132 Å². The number of nitrogen functional groups attached to an aromatic ring is 2. The van der Waals surface area contributed by atoms with Gasteiger partial charge in [0.05, 0.1) is 128 Å². The molecule has 5 aromatic rings. The van der Waals surface area contributed by atoms with Crippen molar-refractivity contribution < 1.29 is 105 Å². The molecule has 4 aliphatic heterocycles. The van der Waals surface area contributed by atoms with E-state index in [4.69, 9.17) is 82.7 Å². The minimum atomic E-state index is -2.46. The van der Waals surface area contributed by atoms with Gasteiger partial charge in [-0.1, -0.05) is 64.1 Å². The predicted octanol–water partition coefficient (Wildman–Crippen LogP) is 7.77. The lowest BCUT2D eigenvalue weighted by atomic mass is 9.78. The molecule has 16 atom stereocenters. The number of unbranched alkanes of at least 4 members (excludes halogenated alkanes) is 1. The Morgan fingerprint density at radius 2 is 1.46 bits per heavy atom. The van der Waals surface area contributed by atoms with Gasteiger partial charge in [0.1, 0.15) is 47.3 Å². The van der Waals surface area contributed by atoms with Crippen LogP contribution in [0.4, 0.5) is 11.8 Å². The number of amides is 2. The van der Waals surface area contributed by atoms with Gasteiger partial charge in [0.2, 0.25) is 29.7 Å². The molecule has 34 heteroatoms. The third-order valence-electron chi connectivity index (χ3n) is 23.7. The summed E-state index contributed by atoms with van der Waals surface area (Å²) >= 11 is 0. The van der Waals surface area contributed by atoms with Crippen molar-refractivity contribution >= 4 is 63.2 Å².